The molecule has 0 fully saturated rings. The molecule has 0 radical (unpaired) electrons. The summed E-state index contributed by atoms with van der Waals surface area (Å²) in [6, 6.07) is 5.07. The number of carbonyl (C=O) groups excluding carboxylic acids is 1. The van der Waals surface area contributed by atoms with Crippen LogP contribution in [0, 0.1) is 6.92 Å². The van der Waals surface area contributed by atoms with Gasteiger partial charge in [-0.05, 0) is 26.0 Å². The molecule has 0 spiro atoms. The van der Waals surface area contributed by atoms with Gasteiger partial charge in [0.25, 0.3) is 5.78 Å². The van der Waals surface area contributed by atoms with Crippen LogP contribution < -0.4 is 4.74 Å². The Bertz CT molecular complexity index is 502. The van der Waals surface area contributed by atoms with E-state index in [4.69, 9.17) is 9.84 Å². The van der Waals surface area contributed by atoms with Crippen LogP contribution in [-0.2, 0) is 9.59 Å². The Hall–Kier alpha value is -2.30. The van der Waals surface area contributed by atoms with Gasteiger partial charge in [-0.3, -0.25) is 4.79 Å². The normalized spacial score (nSPS) is 11.1. The van der Waals surface area contributed by atoms with E-state index in [1.54, 1.807) is 25.1 Å². The van der Waals surface area contributed by atoms with Crippen LogP contribution in [0.25, 0.3) is 5.76 Å². The predicted molar refractivity (Wildman–Crippen MR) is 65.6 cm³/mol. The Morgan fingerprint density at radius 1 is 1.33 bits per heavy atom. The van der Waals surface area contributed by atoms with Gasteiger partial charge < -0.3 is 14.9 Å². The maximum atomic E-state index is 11.0. The molecule has 2 N–H and O–H groups in total. The molecule has 1 aromatic rings. The van der Waals surface area contributed by atoms with Crippen LogP contribution in [0.2, 0.25) is 0 Å². The summed E-state index contributed by atoms with van der Waals surface area (Å²) in [4.78, 5) is 21.4. The lowest BCUT2D eigenvalue weighted by Crippen LogP contribution is -2.09. The molecule has 1 aromatic carbocycles. The Balaban J connectivity index is 3.18. The van der Waals surface area contributed by atoms with E-state index in [1.165, 1.54) is 0 Å². The molecule has 5 heteroatoms. The molecule has 0 aromatic heterocycles. The number of ether oxygens (including phenoxy) is 1. The van der Waals surface area contributed by atoms with Gasteiger partial charge in [-0.25, -0.2) is 4.79 Å². The Kier molecular flexibility index (Phi) is 4.48. The van der Waals surface area contributed by atoms with Crippen molar-refractivity contribution in [2.45, 2.75) is 13.8 Å². The highest BCUT2D eigenvalue weighted by Gasteiger charge is 2.13. The van der Waals surface area contributed by atoms with E-state index in [1.807, 2.05) is 6.92 Å². The number of aryl methyl sites for hydroxylation is 1. The van der Waals surface area contributed by atoms with Crippen molar-refractivity contribution in [1.29, 1.82) is 0 Å². The Labute approximate surface area is 104 Å². The minimum atomic E-state index is -1.62. The molecule has 0 aliphatic rings. The SMILES string of the molecule is CCOc1ccc(C)cc1C(O)=CC(=O)C(=O)O. The summed E-state index contributed by atoms with van der Waals surface area (Å²) in [6.07, 6.45) is 0.666. The van der Waals surface area contributed by atoms with Crippen LogP contribution in [0.4, 0.5) is 0 Å². The van der Waals surface area contributed by atoms with Crippen LogP contribution in [-0.4, -0.2) is 28.6 Å². The summed E-state index contributed by atoms with van der Waals surface area (Å²) >= 11 is 0. The van der Waals surface area contributed by atoms with Gasteiger partial charge in [0.1, 0.15) is 11.5 Å². The fraction of sp³-hybridized carbons (Fsp3) is 0.231. The van der Waals surface area contributed by atoms with Crippen molar-refractivity contribution in [3.63, 3.8) is 0 Å². The van der Waals surface area contributed by atoms with Crippen LogP contribution in [0.15, 0.2) is 24.3 Å². The molecule has 0 amide bonds. The summed E-state index contributed by atoms with van der Waals surface area (Å²) in [5.74, 6) is -2.83. The molecule has 0 saturated carbocycles. The number of ketones is 1. The first-order chi connectivity index (χ1) is 8.45. The van der Waals surface area contributed by atoms with E-state index < -0.39 is 17.5 Å². The Morgan fingerprint density at radius 3 is 2.56 bits per heavy atom. The minimum absolute atomic E-state index is 0.298. The lowest BCUT2D eigenvalue weighted by atomic mass is 10.1. The molecule has 0 atom stereocenters. The van der Waals surface area contributed by atoms with E-state index in [0.29, 0.717) is 24.0 Å². The number of carbonyl (C=O) groups is 2. The molecule has 18 heavy (non-hydrogen) atoms. The number of aliphatic hydroxyl groups excluding tert-OH is 1. The molecular weight excluding hydrogens is 236 g/mol. The summed E-state index contributed by atoms with van der Waals surface area (Å²) in [6.45, 7) is 3.99. The topological polar surface area (TPSA) is 83.8 Å². The van der Waals surface area contributed by atoms with Crippen molar-refractivity contribution in [1.82, 2.24) is 0 Å². The molecule has 0 bridgehead atoms. The maximum Gasteiger partial charge on any atom is 0.376 e. The smallest absolute Gasteiger partial charge is 0.376 e. The number of aliphatic carboxylic acids is 1. The number of carboxylic acid groups (broad SMARTS) is 1. The van der Waals surface area contributed by atoms with Crippen molar-refractivity contribution >= 4 is 17.5 Å². The lowest BCUT2D eigenvalue weighted by Gasteiger charge is -2.10. The van der Waals surface area contributed by atoms with Gasteiger partial charge in [-0.15, -0.1) is 0 Å². The fourth-order valence-corrected chi connectivity index (χ4v) is 1.39. The minimum Gasteiger partial charge on any atom is -0.507 e. The van der Waals surface area contributed by atoms with E-state index in [2.05, 4.69) is 0 Å². The average Bonchev–Trinajstić information content (AvgIpc) is 2.31. The molecule has 5 nitrogen and oxygen atoms in total. The van der Waals surface area contributed by atoms with E-state index in [0.717, 1.165) is 5.56 Å². The maximum absolute atomic E-state index is 11.0. The summed E-state index contributed by atoms with van der Waals surface area (Å²) in [5.41, 5.74) is 1.16. The van der Waals surface area contributed by atoms with Crippen molar-refractivity contribution < 1.29 is 24.5 Å². The summed E-state index contributed by atoms with van der Waals surface area (Å²) in [5, 5.41) is 18.2. The standard InChI is InChI=1S/C13H14O5/c1-3-18-12-5-4-8(2)6-9(12)10(14)7-11(15)13(16)17/h4-7,14H,3H2,1-2H3,(H,16,17). The third-order valence-corrected chi connectivity index (χ3v) is 2.19. The first-order valence-corrected chi connectivity index (χ1v) is 5.37. The third kappa shape index (κ3) is 3.35. The highest BCUT2D eigenvalue weighted by atomic mass is 16.5. The molecular formula is C13H14O5. The quantitative estimate of drug-likeness (QED) is 0.474. The number of benzene rings is 1. The second-order valence-electron chi connectivity index (χ2n) is 3.63. The van der Waals surface area contributed by atoms with Gasteiger partial charge in [0, 0.05) is 6.08 Å². The summed E-state index contributed by atoms with van der Waals surface area (Å²) < 4.78 is 5.30. The number of hydrogen-bond acceptors (Lipinski definition) is 4. The van der Waals surface area contributed by atoms with Gasteiger partial charge in [-0.2, -0.15) is 0 Å². The molecule has 0 aliphatic heterocycles. The van der Waals surface area contributed by atoms with Crippen LogP contribution in [0.1, 0.15) is 18.1 Å². The van der Waals surface area contributed by atoms with Gasteiger partial charge in [-0.1, -0.05) is 11.6 Å². The molecule has 0 unspecified atom stereocenters. The fourth-order valence-electron chi connectivity index (χ4n) is 1.39. The number of rotatable bonds is 5. The second-order valence-corrected chi connectivity index (χ2v) is 3.63. The van der Waals surface area contributed by atoms with E-state index in [-0.39, 0.29) is 0 Å². The lowest BCUT2D eigenvalue weighted by molar-refractivity contribution is -0.146. The zero-order valence-electron chi connectivity index (χ0n) is 10.1. The molecule has 0 saturated heterocycles. The highest BCUT2D eigenvalue weighted by Crippen LogP contribution is 2.25. The first kappa shape index (κ1) is 13.8. The number of aliphatic hydroxyl groups is 1. The van der Waals surface area contributed by atoms with Gasteiger partial charge in [0.2, 0.25) is 0 Å². The van der Waals surface area contributed by atoms with Crippen molar-refractivity contribution in [3.05, 3.63) is 35.4 Å². The van der Waals surface area contributed by atoms with E-state index >= 15 is 0 Å². The third-order valence-electron chi connectivity index (χ3n) is 2.19. The highest BCUT2D eigenvalue weighted by molar-refractivity contribution is 6.38. The molecule has 0 aliphatic carbocycles. The molecule has 1 rings (SSSR count). The summed E-state index contributed by atoms with van der Waals surface area (Å²) in [7, 11) is 0. The van der Waals surface area contributed by atoms with Crippen molar-refractivity contribution in [2.75, 3.05) is 6.61 Å². The van der Waals surface area contributed by atoms with Gasteiger partial charge in [0.05, 0.1) is 12.2 Å². The molecule has 96 valence electrons. The van der Waals surface area contributed by atoms with Gasteiger partial charge >= 0.3 is 5.97 Å². The van der Waals surface area contributed by atoms with Crippen LogP contribution in [0.5, 0.6) is 5.75 Å². The van der Waals surface area contributed by atoms with E-state index in [9.17, 15) is 14.7 Å². The van der Waals surface area contributed by atoms with Crippen LogP contribution in [0.3, 0.4) is 0 Å². The molecule has 0 heterocycles. The van der Waals surface area contributed by atoms with Gasteiger partial charge in [0.15, 0.2) is 0 Å². The zero-order chi connectivity index (χ0) is 13.7. The van der Waals surface area contributed by atoms with Crippen LogP contribution >= 0.6 is 0 Å². The predicted octanol–water partition coefficient (Wildman–Crippen LogP) is 1.95. The number of hydrogen-bond donors (Lipinski definition) is 2. The number of carboxylic acids is 1. The van der Waals surface area contributed by atoms with Crippen molar-refractivity contribution in [3.8, 4) is 5.75 Å². The largest absolute Gasteiger partial charge is 0.507 e. The first-order valence-electron chi connectivity index (χ1n) is 5.37. The average molecular weight is 250 g/mol. The monoisotopic (exact) mass is 250 g/mol. The zero-order valence-corrected chi connectivity index (χ0v) is 10.1. The Morgan fingerprint density at radius 2 is 2.00 bits per heavy atom. The second kappa shape index (κ2) is 5.86. The van der Waals surface area contributed by atoms with Crippen molar-refractivity contribution in [2.24, 2.45) is 0 Å².